The second-order valence-electron chi connectivity index (χ2n) is 14.0. The van der Waals surface area contributed by atoms with Gasteiger partial charge in [0, 0.05) is 24.6 Å². The summed E-state index contributed by atoms with van der Waals surface area (Å²) in [4.78, 5) is 68.4. The number of nitrogens with one attached hydrogen (secondary N) is 1. The fraction of sp³-hybridized carbons (Fsp3) is 0.425. The van der Waals surface area contributed by atoms with Crippen LogP contribution in [-0.2, 0) is 16.1 Å². The average Bonchev–Trinajstić information content (AvgIpc) is 3.61. The highest BCUT2D eigenvalue weighted by Gasteiger charge is 2.41. The molecule has 1 N–H and O–H groups in total. The lowest BCUT2D eigenvalue weighted by Gasteiger charge is -2.33. The molecule has 2 saturated heterocycles. The van der Waals surface area contributed by atoms with Crippen LogP contribution in [0.1, 0.15) is 106 Å². The Morgan fingerprint density at radius 1 is 0.788 bits per heavy atom. The minimum Gasteiger partial charge on any atom is -0.493 e. The van der Waals surface area contributed by atoms with Crippen LogP contribution in [0.4, 0.5) is 10.1 Å². The first-order chi connectivity index (χ1) is 25.2. The van der Waals surface area contributed by atoms with E-state index in [0.29, 0.717) is 40.5 Å². The van der Waals surface area contributed by atoms with Gasteiger partial charge in [0.2, 0.25) is 11.8 Å². The molecule has 5 amide bonds. The topological polar surface area (TPSA) is 126 Å². The third kappa shape index (κ3) is 7.04. The lowest BCUT2D eigenvalue weighted by Crippen LogP contribution is -2.52. The SMILES string of the molecule is COc1ccc(N2C(=O)c3ccccc3C2=O)cc1OCCCCCCCN1CCC(c2cc(F)cc3c2CN(C2CCC(=O)NC2=O)C3=O)CC1. The molecule has 52 heavy (non-hydrogen) atoms. The van der Waals surface area contributed by atoms with Crippen molar-refractivity contribution in [3.63, 3.8) is 0 Å². The molecule has 0 spiro atoms. The standard InChI is InChI=1S/C40H43FN4O7/c1-51-34-13-11-27(45-39(49)28-9-5-6-10-29(28)40(45)50)23-35(34)52-20-8-4-2-3-7-17-43-18-15-25(16-19-43)30-21-26(41)22-31-32(30)24-44(38(31)48)33-12-14-36(46)42-37(33)47/h5-6,9-11,13,21-23,25,33H,2-4,7-8,12,14-20,24H2,1H3,(H,42,46,47). The van der Waals surface area contributed by atoms with Crippen molar-refractivity contribution in [2.45, 2.75) is 76.3 Å². The highest BCUT2D eigenvalue weighted by molar-refractivity contribution is 6.34. The smallest absolute Gasteiger partial charge is 0.266 e. The van der Waals surface area contributed by atoms with E-state index in [1.54, 1.807) is 55.6 Å². The number of imide groups is 2. The Labute approximate surface area is 302 Å². The molecule has 1 atom stereocenters. The van der Waals surface area contributed by atoms with Crippen molar-refractivity contribution in [2.75, 3.05) is 38.3 Å². The van der Waals surface area contributed by atoms with Crippen LogP contribution in [0.15, 0.2) is 54.6 Å². The van der Waals surface area contributed by atoms with Crippen LogP contribution in [-0.4, -0.2) is 78.7 Å². The Kier molecular flexibility index (Phi) is 10.4. The molecule has 0 bridgehead atoms. The predicted octanol–water partition coefficient (Wildman–Crippen LogP) is 5.60. The summed E-state index contributed by atoms with van der Waals surface area (Å²) in [6, 6.07) is 14.0. The number of piperidine rings is 2. The lowest BCUT2D eigenvalue weighted by molar-refractivity contribution is -0.136. The van der Waals surface area contributed by atoms with Gasteiger partial charge in [-0.3, -0.25) is 29.3 Å². The summed E-state index contributed by atoms with van der Waals surface area (Å²) in [5.74, 6) is -1.12. The maximum absolute atomic E-state index is 14.8. The summed E-state index contributed by atoms with van der Waals surface area (Å²) in [7, 11) is 1.56. The number of carbonyl (C=O) groups excluding carboxylic acids is 5. The van der Waals surface area contributed by atoms with Crippen LogP contribution in [0, 0.1) is 5.82 Å². The molecular formula is C40H43FN4O7. The molecule has 7 rings (SSSR count). The Bertz CT molecular complexity index is 1870. The van der Waals surface area contributed by atoms with Gasteiger partial charge in [-0.2, -0.15) is 0 Å². The number of hydrogen-bond acceptors (Lipinski definition) is 8. The van der Waals surface area contributed by atoms with E-state index in [1.807, 2.05) is 0 Å². The Morgan fingerprint density at radius 3 is 2.21 bits per heavy atom. The van der Waals surface area contributed by atoms with Gasteiger partial charge >= 0.3 is 0 Å². The fourth-order valence-corrected chi connectivity index (χ4v) is 7.98. The third-order valence-electron chi connectivity index (χ3n) is 10.8. The number of ether oxygens (including phenoxy) is 2. The van der Waals surface area contributed by atoms with Gasteiger partial charge in [-0.1, -0.05) is 31.4 Å². The number of amides is 5. The lowest BCUT2D eigenvalue weighted by atomic mass is 9.85. The van der Waals surface area contributed by atoms with E-state index in [9.17, 15) is 28.4 Å². The van der Waals surface area contributed by atoms with Gasteiger partial charge in [-0.05, 0) is 105 Å². The zero-order valence-corrected chi connectivity index (χ0v) is 29.3. The van der Waals surface area contributed by atoms with Crippen LogP contribution >= 0.6 is 0 Å². The third-order valence-corrected chi connectivity index (χ3v) is 10.8. The van der Waals surface area contributed by atoms with Gasteiger partial charge in [0.15, 0.2) is 11.5 Å². The van der Waals surface area contributed by atoms with E-state index in [2.05, 4.69) is 10.2 Å². The van der Waals surface area contributed by atoms with Crippen molar-refractivity contribution in [3.05, 3.63) is 88.2 Å². The highest BCUT2D eigenvalue weighted by atomic mass is 19.1. The quantitative estimate of drug-likeness (QED) is 0.180. The molecule has 0 radical (unpaired) electrons. The van der Waals surface area contributed by atoms with Crippen LogP contribution in [0.3, 0.4) is 0 Å². The van der Waals surface area contributed by atoms with Gasteiger partial charge in [-0.15, -0.1) is 0 Å². The van der Waals surface area contributed by atoms with E-state index < -0.39 is 17.8 Å². The molecule has 272 valence electrons. The Balaban J connectivity index is 0.831. The Hall–Kier alpha value is -5.10. The van der Waals surface area contributed by atoms with Crippen molar-refractivity contribution in [1.29, 1.82) is 0 Å². The number of nitrogens with zero attached hydrogens (tertiary/aromatic N) is 3. The molecular weight excluding hydrogens is 667 g/mol. The molecule has 0 saturated carbocycles. The van der Waals surface area contributed by atoms with Crippen LogP contribution in [0.25, 0.3) is 0 Å². The van der Waals surface area contributed by atoms with E-state index >= 15 is 0 Å². The van der Waals surface area contributed by atoms with E-state index in [-0.39, 0.29) is 48.9 Å². The molecule has 4 heterocycles. The average molecular weight is 711 g/mol. The number of methoxy groups -OCH3 is 1. The normalized spacial score (nSPS) is 19.3. The van der Waals surface area contributed by atoms with E-state index in [4.69, 9.17) is 9.47 Å². The second-order valence-corrected chi connectivity index (χ2v) is 14.0. The zero-order chi connectivity index (χ0) is 36.4. The Morgan fingerprint density at radius 2 is 1.50 bits per heavy atom. The minimum absolute atomic E-state index is 0.141. The summed E-state index contributed by atoms with van der Waals surface area (Å²) in [6.07, 6.45) is 7.30. The fourth-order valence-electron chi connectivity index (χ4n) is 7.98. The highest BCUT2D eigenvalue weighted by Crippen LogP contribution is 2.38. The van der Waals surface area contributed by atoms with Crippen molar-refractivity contribution in [1.82, 2.24) is 15.1 Å². The number of likely N-dealkylation sites (tertiary alicyclic amines) is 1. The molecule has 2 fully saturated rings. The molecule has 0 aromatic heterocycles. The number of fused-ring (bicyclic) bond motifs is 2. The van der Waals surface area contributed by atoms with Gasteiger partial charge in [-0.25, -0.2) is 9.29 Å². The molecule has 3 aromatic carbocycles. The van der Waals surface area contributed by atoms with E-state index in [0.717, 1.165) is 75.7 Å². The largest absolute Gasteiger partial charge is 0.493 e. The first-order valence-electron chi connectivity index (χ1n) is 18.2. The summed E-state index contributed by atoms with van der Waals surface area (Å²) in [5.41, 5.74) is 3.24. The van der Waals surface area contributed by atoms with Gasteiger partial charge in [0.1, 0.15) is 11.9 Å². The van der Waals surface area contributed by atoms with Crippen LogP contribution in [0.2, 0.25) is 0 Å². The summed E-state index contributed by atoms with van der Waals surface area (Å²) in [6.45, 7) is 3.54. The summed E-state index contributed by atoms with van der Waals surface area (Å²) >= 11 is 0. The number of rotatable bonds is 13. The molecule has 11 nitrogen and oxygen atoms in total. The predicted molar refractivity (Wildman–Crippen MR) is 190 cm³/mol. The van der Waals surface area contributed by atoms with Gasteiger partial charge in [0.05, 0.1) is 30.5 Å². The van der Waals surface area contributed by atoms with Crippen molar-refractivity contribution >= 4 is 35.2 Å². The van der Waals surface area contributed by atoms with Crippen LogP contribution < -0.4 is 19.7 Å². The first kappa shape index (κ1) is 35.3. The monoisotopic (exact) mass is 710 g/mol. The first-order valence-corrected chi connectivity index (χ1v) is 18.2. The second kappa shape index (κ2) is 15.2. The van der Waals surface area contributed by atoms with Crippen LogP contribution in [0.5, 0.6) is 11.5 Å². The zero-order valence-electron chi connectivity index (χ0n) is 29.3. The maximum Gasteiger partial charge on any atom is 0.266 e. The number of unbranched alkanes of at least 4 members (excludes halogenated alkanes) is 4. The van der Waals surface area contributed by atoms with Crippen molar-refractivity contribution < 1.29 is 37.8 Å². The van der Waals surface area contributed by atoms with Crippen molar-refractivity contribution in [3.8, 4) is 11.5 Å². The number of halogens is 1. The number of benzene rings is 3. The minimum atomic E-state index is -0.719. The molecule has 4 aliphatic rings. The van der Waals surface area contributed by atoms with Gasteiger partial charge < -0.3 is 19.3 Å². The van der Waals surface area contributed by atoms with Gasteiger partial charge in [0.25, 0.3) is 17.7 Å². The summed E-state index contributed by atoms with van der Waals surface area (Å²) in [5, 5.41) is 2.33. The molecule has 12 heteroatoms. The molecule has 3 aromatic rings. The molecule has 1 unspecified atom stereocenters. The summed E-state index contributed by atoms with van der Waals surface area (Å²) < 4.78 is 26.3. The number of hydrogen-bond donors (Lipinski definition) is 1. The number of anilines is 1. The van der Waals surface area contributed by atoms with Crippen molar-refractivity contribution in [2.24, 2.45) is 0 Å². The maximum atomic E-state index is 14.8. The molecule has 0 aliphatic carbocycles. The van der Waals surface area contributed by atoms with E-state index in [1.165, 1.54) is 15.9 Å². The molecule has 4 aliphatic heterocycles. The number of carbonyl (C=O) groups is 5.